The number of hydrogen-bond acceptors (Lipinski definition) is 3. The fourth-order valence-corrected chi connectivity index (χ4v) is 2.42. The molecule has 1 aromatic heterocycles. The second kappa shape index (κ2) is 6.54. The summed E-state index contributed by atoms with van der Waals surface area (Å²) >= 11 is 0. The van der Waals surface area contributed by atoms with Crippen LogP contribution in [-0.4, -0.2) is 38.8 Å². The summed E-state index contributed by atoms with van der Waals surface area (Å²) in [5.41, 5.74) is 3.12. The third-order valence-corrected chi connectivity index (χ3v) is 3.68. The highest BCUT2D eigenvalue weighted by atomic mass is 16.4. The van der Waals surface area contributed by atoms with Crippen molar-refractivity contribution in [1.29, 1.82) is 0 Å². The largest absolute Gasteiger partial charge is 0.476 e. The highest BCUT2D eigenvalue weighted by Gasteiger charge is 2.15. The lowest BCUT2D eigenvalue weighted by Crippen LogP contribution is -2.22. The number of carbonyl (C=O) groups is 1. The van der Waals surface area contributed by atoms with Crippen LogP contribution in [0, 0.1) is 0 Å². The van der Waals surface area contributed by atoms with Gasteiger partial charge in [0.2, 0.25) is 0 Å². The fraction of sp³-hybridized carbons (Fsp3) is 0.375. The molecule has 0 aliphatic heterocycles. The summed E-state index contributed by atoms with van der Waals surface area (Å²) in [6.07, 6.45) is 0. The highest BCUT2D eigenvalue weighted by Crippen LogP contribution is 2.25. The molecule has 2 aromatic rings. The lowest BCUT2D eigenvalue weighted by atomic mass is 10.0. The van der Waals surface area contributed by atoms with E-state index in [1.54, 1.807) is 17.8 Å². The SMILES string of the molecule is CCN(CC)Cc1ccccc1-c1cc(C(=O)O)nn1C. The molecule has 0 radical (unpaired) electrons. The van der Waals surface area contributed by atoms with Crippen LogP contribution in [0.15, 0.2) is 30.3 Å². The number of hydrogen-bond donors (Lipinski definition) is 1. The Morgan fingerprint density at radius 1 is 1.29 bits per heavy atom. The maximum atomic E-state index is 11.1. The van der Waals surface area contributed by atoms with E-state index in [9.17, 15) is 4.79 Å². The van der Waals surface area contributed by atoms with Crippen LogP contribution in [0.1, 0.15) is 29.9 Å². The first-order chi connectivity index (χ1) is 10.1. The van der Waals surface area contributed by atoms with Crippen molar-refractivity contribution < 1.29 is 9.90 Å². The zero-order valence-corrected chi connectivity index (χ0v) is 12.7. The zero-order chi connectivity index (χ0) is 15.4. The Hall–Kier alpha value is -2.14. The number of nitrogens with zero attached hydrogens (tertiary/aromatic N) is 3. The molecule has 1 heterocycles. The molecule has 0 amide bonds. The Bertz CT molecular complexity index is 630. The van der Waals surface area contributed by atoms with Gasteiger partial charge in [-0.05, 0) is 24.7 Å². The van der Waals surface area contributed by atoms with Gasteiger partial charge in [0.15, 0.2) is 5.69 Å². The Labute approximate surface area is 124 Å². The summed E-state index contributed by atoms with van der Waals surface area (Å²) in [5, 5.41) is 13.1. The van der Waals surface area contributed by atoms with E-state index >= 15 is 0 Å². The Balaban J connectivity index is 2.42. The minimum Gasteiger partial charge on any atom is -0.476 e. The van der Waals surface area contributed by atoms with E-state index < -0.39 is 5.97 Å². The van der Waals surface area contributed by atoms with Crippen molar-refractivity contribution in [3.8, 4) is 11.3 Å². The summed E-state index contributed by atoms with van der Waals surface area (Å²) in [7, 11) is 1.77. The maximum Gasteiger partial charge on any atom is 0.356 e. The van der Waals surface area contributed by atoms with Gasteiger partial charge in [0.25, 0.3) is 0 Å². The van der Waals surface area contributed by atoms with Gasteiger partial charge < -0.3 is 5.11 Å². The molecule has 0 aliphatic rings. The van der Waals surface area contributed by atoms with Crippen LogP contribution in [-0.2, 0) is 13.6 Å². The topological polar surface area (TPSA) is 58.4 Å². The van der Waals surface area contributed by atoms with Crippen LogP contribution in [0.4, 0.5) is 0 Å². The summed E-state index contributed by atoms with van der Waals surface area (Å²) in [6.45, 7) is 7.08. The average Bonchev–Trinajstić information content (AvgIpc) is 2.87. The number of carboxylic acids is 1. The first-order valence-corrected chi connectivity index (χ1v) is 7.14. The number of benzene rings is 1. The average molecular weight is 287 g/mol. The van der Waals surface area contributed by atoms with E-state index in [0.29, 0.717) is 0 Å². The summed E-state index contributed by atoms with van der Waals surface area (Å²) in [6, 6.07) is 9.71. The van der Waals surface area contributed by atoms with E-state index in [-0.39, 0.29) is 5.69 Å². The minimum atomic E-state index is -1.00. The molecule has 0 spiro atoms. The third-order valence-electron chi connectivity index (χ3n) is 3.68. The lowest BCUT2D eigenvalue weighted by molar-refractivity contribution is 0.0689. The third kappa shape index (κ3) is 3.31. The zero-order valence-electron chi connectivity index (χ0n) is 12.7. The number of rotatable bonds is 6. The first-order valence-electron chi connectivity index (χ1n) is 7.14. The highest BCUT2D eigenvalue weighted by molar-refractivity contribution is 5.87. The summed E-state index contributed by atoms with van der Waals surface area (Å²) in [5.74, 6) is -1.00. The van der Waals surface area contributed by atoms with Gasteiger partial charge in [0, 0.05) is 19.2 Å². The lowest BCUT2D eigenvalue weighted by Gasteiger charge is -2.20. The van der Waals surface area contributed by atoms with Crippen molar-refractivity contribution in [3.05, 3.63) is 41.6 Å². The second-order valence-corrected chi connectivity index (χ2v) is 4.96. The Morgan fingerprint density at radius 3 is 2.52 bits per heavy atom. The number of carboxylic acid groups (broad SMARTS) is 1. The molecular weight excluding hydrogens is 266 g/mol. The van der Waals surface area contributed by atoms with Gasteiger partial charge in [-0.25, -0.2) is 4.79 Å². The first kappa shape index (κ1) is 15.3. The molecule has 0 bridgehead atoms. The predicted octanol–water partition coefficient (Wildman–Crippen LogP) is 2.63. The predicted molar refractivity (Wildman–Crippen MR) is 82.2 cm³/mol. The number of aryl methyl sites for hydroxylation is 1. The molecule has 0 saturated carbocycles. The monoisotopic (exact) mass is 287 g/mol. The van der Waals surface area contributed by atoms with Crippen molar-refractivity contribution in [1.82, 2.24) is 14.7 Å². The van der Waals surface area contributed by atoms with Gasteiger partial charge in [-0.3, -0.25) is 9.58 Å². The summed E-state index contributed by atoms with van der Waals surface area (Å²) < 4.78 is 1.63. The van der Waals surface area contributed by atoms with E-state index in [1.165, 1.54) is 5.56 Å². The molecule has 0 unspecified atom stereocenters. The van der Waals surface area contributed by atoms with Crippen molar-refractivity contribution in [3.63, 3.8) is 0 Å². The van der Waals surface area contributed by atoms with Gasteiger partial charge in [0.1, 0.15) is 0 Å². The van der Waals surface area contributed by atoms with Gasteiger partial charge >= 0.3 is 5.97 Å². The normalized spacial score (nSPS) is 11.0. The Kier molecular flexibility index (Phi) is 4.75. The maximum absolute atomic E-state index is 11.1. The standard InChI is InChI=1S/C16H21N3O2/c1-4-19(5-2)11-12-8-6-7-9-13(12)15-10-14(16(20)21)17-18(15)3/h6-10H,4-5,11H2,1-3H3,(H,20,21). The number of aromatic carboxylic acids is 1. The van der Waals surface area contributed by atoms with Crippen LogP contribution >= 0.6 is 0 Å². The van der Waals surface area contributed by atoms with Crippen LogP contribution in [0.25, 0.3) is 11.3 Å². The van der Waals surface area contributed by atoms with Gasteiger partial charge in [-0.2, -0.15) is 5.10 Å². The Morgan fingerprint density at radius 2 is 1.95 bits per heavy atom. The molecule has 0 saturated heterocycles. The molecule has 5 nitrogen and oxygen atoms in total. The van der Waals surface area contributed by atoms with Crippen molar-refractivity contribution in [2.45, 2.75) is 20.4 Å². The molecule has 21 heavy (non-hydrogen) atoms. The molecule has 2 rings (SSSR count). The smallest absolute Gasteiger partial charge is 0.356 e. The van der Waals surface area contributed by atoms with Crippen molar-refractivity contribution >= 4 is 5.97 Å². The van der Waals surface area contributed by atoms with Gasteiger partial charge in [-0.1, -0.05) is 38.1 Å². The van der Waals surface area contributed by atoms with Gasteiger partial charge in [-0.15, -0.1) is 0 Å². The minimum absolute atomic E-state index is 0.0742. The van der Waals surface area contributed by atoms with E-state index in [1.807, 2.05) is 18.2 Å². The van der Waals surface area contributed by atoms with Crippen LogP contribution < -0.4 is 0 Å². The van der Waals surface area contributed by atoms with Gasteiger partial charge in [0.05, 0.1) is 5.69 Å². The van der Waals surface area contributed by atoms with E-state index in [4.69, 9.17) is 5.11 Å². The molecule has 0 fully saturated rings. The molecule has 0 aliphatic carbocycles. The fourth-order valence-electron chi connectivity index (χ4n) is 2.42. The number of aromatic nitrogens is 2. The van der Waals surface area contributed by atoms with Crippen LogP contribution in [0.5, 0.6) is 0 Å². The van der Waals surface area contributed by atoms with Crippen molar-refractivity contribution in [2.75, 3.05) is 13.1 Å². The van der Waals surface area contributed by atoms with E-state index in [0.717, 1.165) is 30.9 Å². The second-order valence-electron chi connectivity index (χ2n) is 4.96. The molecule has 0 atom stereocenters. The quantitative estimate of drug-likeness (QED) is 0.887. The molecule has 5 heteroatoms. The molecular formula is C16H21N3O2. The summed E-state index contributed by atoms with van der Waals surface area (Å²) in [4.78, 5) is 13.4. The van der Waals surface area contributed by atoms with Crippen molar-refractivity contribution in [2.24, 2.45) is 7.05 Å². The van der Waals surface area contributed by atoms with Crippen LogP contribution in [0.3, 0.4) is 0 Å². The molecule has 1 aromatic carbocycles. The molecule has 1 N–H and O–H groups in total. The molecule has 112 valence electrons. The van der Waals surface area contributed by atoms with Crippen LogP contribution in [0.2, 0.25) is 0 Å². The van der Waals surface area contributed by atoms with E-state index in [2.05, 4.69) is 29.9 Å².